The standard InChI is InChI=1S/C37H41N3O3/c1-4-5-22-38-35(41)28-18-20-30-27(25-28)19-21-33-34(30)39-26-37(43-33)36(2,3)31-16-10-11-17-32(31)40(37)23-12-7-13-24-42-29-14-8-6-9-15-29/h6,8-11,14-21,25-26H,4-5,7,12-13,22-24H2,1-3H3,(H,38,41). The molecule has 1 spiro atoms. The first-order valence-corrected chi connectivity index (χ1v) is 15.6. The highest BCUT2D eigenvalue weighted by molar-refractivity contribution is 6.04. The Morgan fingerprint density at radius 2 is 1.74 bits per heavy atom. The van der Waals surface area contributed by atoms with Crippen molar-refractivity contribution in [3.63, 3.8) is 0 Å². The van der Waals surface area contributed by atoms with E-state index in [9.17, 15) is 4.79 Å². The minimum atomic E-state index is -0.753. The number of ether oxygens (including phenoxy) is 2. The van der Waals surface area contributed by atoms with Crippen molar-refractivity contribution in [2.75, 3.05) is 24.6 Å². The van der Waals surface area contributed by atoms with Gasteiger partial charge in [-0.3, -0.25) is 9.79 Å². The van der Waals surface area contributed by atoms with Gasteiger partial charge in [0, 0.05) is 29.7 Å². The molecule has 0 bridgehead atoms. The molecule has 2 heterocycles. The lowest BCUT2D eigenvalue weighted by Crippen LogP contribution is -2.62. The fourth-order valence-corrected chi connectivity index (χ4v) is 6.38. The summed E-state index contributed by atoms with van der Waals surface area (Å²) in [6, 6.07) is 28.5. The molecule has 1 atom stereocenters. The average Bonchev–Trinajstić information content (AvgIpc) is 3.21. The zero-order valence-electron chi connectivity index (χ0n) is 25.4. The van der Waals surface area contributed by atoms with E-state index in [-0.39, 0.29) is 11.3 Å². The molecule has 0 saturated carbocycles. The summed E-state index contributed by atoms with van der Waals surface area (Å²) in [6.07, 6.45) is 7.08. The largest absolute Gasteiger partial charge is 0.494 e. The number of carbonyl (C=O) groups is 1. The number of benzene rings is 4. The third-order valence-corrected chi connectivity index (χ3v) is 8.87. The maximum Gasteiger partial charge on any atom is 0.251 e. The van der Waals surface area contributed by atoms with Gasteiger partial charge in [-0.15, -0.1) is 0 Å². The summed E-state index contributed by atoms with van der Waals surface area (Å²) in [4.78, 5) is 20.2. The second-order valence-corrected chi connectivity index (χ2v) is 12.0. The van der Waals surface area contributed by atoms with Crippen LogP contribution in [0.1, 0.15) is 68.8 Å². The van der Waals surface area contributed by atoms with Gasteiger partial charge in [-0.1, -0.05) is 61.9 Å². The molecule has 0 radical (unpaired) electrons. The molecule has 4 aromatic rings. The van der Waals surface area contributed by atoms with Crippen LogP contribution in [-0.2, 0) is 5.41 Å². The average molecular weight is 576 g/mol. The molecule has 2 aliphatic rings. The molecule has 6 rings (SSSR count). The molecule has 4 aromatic carbocycles. The van der Waals surface area contributed by atoms with Crippen molar-refractivity contribution < 1.29 is 14.3 Å². The molecule has 1 amide bonds. The SMILES string of the molecule is CCCCNC(=O)c1ccc2c3c(ccc2c1)OC1(C=N3)N(CCCCCOc2ccccc2)c2ccccc2C1(C)C. The fraction of sp³-hybridized carbons (Fsp3) is 0.351. The maximum absolute atomic E-state index is 12.7. The van der Waals surface area contributed by atoms with Gasteiger partial charge in [0.2, 0.25) is 5.72 Å². The van der Waals surface area contributed by atoms with Gasteiger partial charge >= 0.3 is 0 Å². The number of hydrogen-bond acceptors (Lipinski definition) is 5. The van der Waals surface area contributed by atoms with Gasteiger partial charge < -0.3 is 19.7 Å². The number of unbranched alkanes of at least 4 members (excludes halogenated alkanes) is 3. The maximum atomic E-state index is 12.7. The van der Waals surface area contributed by atoms with E-state index in [1.807, 2.05) is 66.9 Å². The van der Waals surface area contributed by atoms with Crippen molar-refractivity contribution in [3.8, 4) is 11.5 Å². The van der Waals surface area contributed by atoms with Crippen LogP contribution in [0.25, 0.3) is 10.8 Å². The van der Waals surface area contributed by atoms with E-state index in [1.54, 1.807) is 0 Å². The number of carbonyl (C=O) groups excluding carboxylic acids is 1. The smallest absolute Gasteiger partial charge is 0.251 e. The van der Waals surface area contributed by atoms with Gasteiger partial charge in [0.1, 0.15) is 17.2 Å². The second-order valence-electron chi connectivity index (χ2n) is 12.0. The quantitative estimate of drug-likeness (QED) is 0.183. The number of nitrogens with one attached hydrogen (secondary N) is 1. The van der Waals surface area contributed by atoms with Gasteiger partial charge in [0.05, 0.1) is 18.2 Å². The Balaban J connectivity index is 1.22. The van der Waals surface area contributed by atoms with Crippen LogP contribution in [-0.4, -0.2) is 37.5 Å². The van der Waals surface area contributed by atoms with E-state index >= 15 is 0 Å². The molecule has 43 heavy (non-hydrogen) atoms. The van der Waals surface area contributed by atoms with Gasteiger partial charge in [-0.05, 0) is 86.9 Å². The van der Waals surface area contributed by atoms with Crippen LogP contribution in [0.5, 0.6) is 11.5 Å². The zero-order chi connectivity index (χ0) is 29.9. The van der Waals surface area contributed by atoms with Gasteiger partial charge in [0.25, 0.3) is 5.91 Å². The fourth-order valence-electron chi connectivity index (χ4n) is 6.38. The molecular formula is C37H41N3O3. The van der Waals surface area contributed by atoms with Crippen LogP contribution in [0, 0.1) is 0 Å². The lowest BCUT2D eigenvalue weighted by molar-refractivity contribution is 0.0774. The van der Waals surface area contributed by atoms with Crippen LogP contribution in [0.4, 0.5) is 11.4 Å². The van der Waals surface area contributed by atoms with E-state index in [2.05, 4.69) is 55.3 Å². The molecular weight excluding hydrogens is 534 g/mol. The van der Waals surface area contributed by atoms with Crippen molar-refractivity contribution in [1.29, 1.82) is 0 Å². The lowest BCUT2D eigenvalue weighted by atomic mass is 9.77. The van der Waals surface area contributed by atoms with Crippen molar-refractivity contribution in [3.05, 3.63) is 96.1 Å². The summed E-state index contributed by atoms with van der Waals surface area (Å²) in [6.45, 7) is 8.86. The summed E-state index contributed by atoms with van der Waals surface area (Å²) in [7, 11) is 0. The molecule has 0 fully saturated rings. The summed E-state index contributed by atoms with van der Waals surface area (Å²) in [5.41, 5.74) is 2.84. The Morgan fingerprint density at radius 3 is 2.58 bits per heavy atom. The highest BCUT2D eigenvalue weighted by Crippen LogP contribution is 2.54. The molecule has 6 nitrogen and oxygen atoms in total. The normalized spacial score (nSPS) is 17.9. The van der Waals surface area contributed by atoms with Crippen molar-refractivity contribution in [2.24, 2.45) is 4.99 Å². The predicted molar refractivity (Wildman–Crippen MR) is 175 cm³/mol. The molecule has 2 aliphatic heterocycles. The Labute approximate surface area is 254 Å². The number of fused-ring (bicyclic) bond motifs is 4. The Bertz CT molecular complexity index is 1630. The lowest BCUT2D eigenvalue weighted by Gasteiger charge is -2.46. The van der Waals surface area contributed by atoms with Crippen molar-refractivity contribution in [1.82, 2.24) is 5.32 Å². The monoisotopic (exact) mass is 575 g/mol. The van der Waals surface area contributed by atoms with Crippen molar-refractivity contribution in [2.45, 2.75) is 64.0 Å². The molecule has 6 heteroatoms. The summed E-state index contributed by atoms with van der Waals surface area (Å²) < 4.78 is 13.0. The third kappa shape index (κ3) is 5.35. The predicted octanol–water partition coefficient (Wildman–Crippen LogP) is 8.21. The van der Waals surface area contributed by atoms with E-state index in [4.69, 9.17) is 14.5 Å². The van der Waals surface area contributed by atoms with Crippen molar-refractivity contribution >= 4 is 34.3 Å². The number of para-hydroxylation sites is 2. The van der Waals surface area contributed by atoms with Crippen LogP contribution in [0.2, 0.25) is 0 Å². The van der Waals surface area contributed by atoms with E-state index in [0.717, 1.165) is 66.6 Å². The molecule has 1 N–H and O–H groups in total. The van der Waals surface area contributed by atoms with Crippen LogP contribution in [0.15, 0.2) is 89.9 Å². The topological polar surface area (TPSA) is 63.2 Å². The van der Waals surface area contributed by atoms with E-state index in [1.165, 1.54) is 11.3 Å². The Hall–Kier alpha value is -4.32. The van der Waals surface area contributed by atoms with E-state index in [0.29, 0.717) is 18.7 Å². The minimum Gasteiger partial charge on any atom is -0.494 e. The summed E-state index contributed by atoms with van der Waals surface area (Å²) >= 11 is 0. The third-order valence-electron chi connectivity index (χ3n) is 8.87. The Kier molecular flexibility index (Phi) is 8.11. The van der Waals surface area contributed by atoms with E-state index < -0.39 is 5.72 Å². The molecule has 0 saturated heterocycles. The van der Waals surface area contributed by atoms with Gasteiger partial charge in [-0.2, -0.15) is 0 Å². The number of amides is 1. The molecule has 0 aliphatic carbocycles. The van der Waals surface area contributed by atoms with Gasteiger partial charge in [-0.25, -0.2) is 0 Å². The van der Waals surface area contributed by atoms with Crippen LogP contribution >= 0.6 is 0 Å². The molecule has 222 valence electrons. The second kappa shape index (κ2) is 12.1. The first kappa shape index (κ1) is 28.8. The first-order valence-electron chi connectivity index (χ1n) is 15.6. The number of aliphatic imine (C=N–C) groups is 1. The van der Waals surface area contributed by atoms with Gasteiger partial charge in [0.15, 0.2) is 0 Å². The summed E-state index contributed by atoms with van der Waals surface area (Å²) in [5.74, 6) is 1.64. The van der Waals surface area contributed by atoms with Crippen LogP contribution < -0.4 is 19.7 Å². The molecule has 0 aromatic heterocycles. The molecule has 1 unspecified atom stereocenters. The number of hydrogen-bond donors (Lipinski definition) is 1. The van der Waals surface area contributed by atoms with Crippen LogP contribution in [0.3, 0.4) is 0 Å². The zero-order valence-corrected chi connectivity index (χ0v) is 25.4. The number of nitrogens with zero attached hydrogens (tertiary/aromatic N) is 2. The first-order chi connectivity index (χ1) is 20.9. The highest BCUT2D eigenvalue weighted by atomic mass is 16.5. The number of anilines is 1. The number of rotatable bonds is 11. The highest BCUT2D eigenvalue weighted by Gasteiger charge is 2.59. The minimum absolute atomic E-state index is 0.0421. The Morgan fingerprint density at radius 1 is 0.930 bits per heavy atom. The summed E-state index contributed by atoms with van der Waals surface area (Å²) in [5, 5.41) is 4.96.